The van der Waals surface area contributed by atoms with Crippen LogP contribution in [0, 0.1) is 0 Å². The summed E-state index contributed by atoms with van der Waals surface area (Å²) in [4.78, 5) is 2.45. The molecule has 0 aliphatic carbocycles. The highest BCUT2D eigenvalue weighted by atomic mass is 15.3. The highest BCUT2D eigenvalue weighted by Crippen LogP contribution is 2.12. The van der Waals surface area contributed by atoms with E-state index in [4.69, 9.17) is 0 Å². The van der Waals surface area contributed by atoms with Gasteiger partial charge in [0.25, 0.3) is 0 Å². The molecule has 4 nitrogen and oxygen atoms in total. The predicted octanol–water partition coefficient (Wildman–Crippen LogP) is 1.07. The van der Waals surface area contributed by atoms with Crippen molar-refractivity contribution in [1.82, 2.24) is 19.7 Å². The molecule has 2 rings (SSSR count). The fourth-order valence-corrected chi connectivity index (χ4v) is 2.04. The van der Waals surface area contributed by atoms with Crippen LogP contribution in [0.1, 0.15) is 31.9 Å². The molecule has 0 N–H and O–H groups in total. The second-order valence-corrected chi connectivity index (χ2v) is 3.81. The molecule has 0 aromatic carbocycles. The summed E-state index contributed by atoms with van der Waals surface area (Å²) >= 11 is 0. The van der Waals surface area contributed by atoms with Gasteiger partial charge in [-0.15, -0.1) is 10.2 Å². The van der Waals surface area contributed by atoms with Crippen LogP contribution in [0.4, 0.5) is 0 Å². The Morgan fingerprint density at radius 1 is 1.21 bits per heavy atom. The zero-order valence-corrected chi connectivity index (χ0v) is 9.03. The number of nitrogens with zero attached hydrogens (tertiary/aromatic N) is 4. The van der Waals surface area contributed by atoms with E-state index < -0.39 is 0 Å². The molecule has 1 aromatic heterocycles. The Morgan fingerprint density at radius 2 is 2.07 bits per heavy atom. The predicted molar refractivity (Wildman–Crippen MR) is 55.0 cm³/mol. The summed E-state index contributed by atoms with van der Waals surface area (Å²) in [5.74, 6) is 2.28. The van der Waals surface area contributed by atoms with Crippen LogP contribution in [-0.2, 0) is 19.5 Å². The van der Waals surface area contributed by atoms with Gasteiger partial charge in [0, 0.05) is 19.5 Å². The summed E-state index contributed by atoms with van der Waals surface area (Å²) in [6, 6.07) is 0. The molecular formula is C10H18N4. The SMILES string of the molecule is CCCN1CCn2c(CC)nnc2C1. The van der Waals surface area contributed by atoms with Crippen LogP contribution in [0.15, 0.2) is 0 Å². The number of fused-ring (bicyclic) bond motifs is 1. The van der Waals surface area contributed by atoms with Crippen molar-refractivity contribution < 1.29 is 0 Å². The Balaban J connectivity index is 2.12. The standard InChI is InChI=1S/C10H18N4/c1-3-5-13-6-7-14-9(4-2)11-12-10(14)8-13/h3-8H2,1-2H3. The van der Waals surface area contributed by atoms with Crippen molar-refractivity contribution in [2.24, 2.45) is 0 Å². The molecule has 4 heteroatoms. The Labute approximate surface area is 84.9 Å². The topological polar surface area (TPSA) is 34.0 Å². The molecule has 0 radical (unpaired) electrons. The lowest BCUT2D eigenvalue weighted by Gasteiger charge is -2.27. The van der Waals surface area contributed by atoms with E-state index in [0.717, 1.165) is 37.7 Å². The highest BCUT2D eigenvalue weighted by molar-refractivity contribution is 4.98. The van der Waals surface area contributed by atoms with E-state index in [1.54, 1.807) is 0 Å². The Hall–Kier alpha value is -0.900. The van der Waals surface area contributed by atoms with E-state index in [2.05, 4.69) is 33.5 Å². The highest BCUT2D eigenvalue weighted by Gasteiger charge is 2.19. The van der Waals surface area contributed by atoms with Crippen molar-refractivity contribution in [1.29, 1.82) is 0 Å². The van der Waals surface area contributed by atoms with Crippen molar-refractivity contribution in [2.45, 2.75) is 39.8 Å². The first-order valence-corrected chi connectivity index (χ1v) is 5.48. The smallest absolute Gasteiger partial charge is 0.147 e. The normalized spacial score (nSPS) is 17.0. The summed E-state index contributed by atoms with van der Waals surface area (Å²) in [6.07, 6.45) is 2.20. The largest absolute Gasteiger partial charge is 0.313 e. The minimum absolute atomic E-state index is 0.973. The fourth-order valence-electron chi connectivity index (χ4n) is 2.04. The van der Waals surface area contributed by atoms with Crippen molar-refractivity contribution in [3.63, 3.8) is 0 Å². The van der Waals surface area contributed by atoms with Gasteiger partial charge in [0.2, 0.25) is 0 Å². The van der Waals surface area contributed by atoms with Gasteiger partial charge in [-0.3, -0.25) is 4.90 Å². The van der Waals surface area contributed by atoms with Crippen LogP contribution in [0.5, 0.6) is 0 Å². The molecule has 14 heavy (non-hydrogen) atoms. The Morgan fingerprint density at radius 3 is 2.79 bits per heavy atom. The molecule has 0 saturated heterocycles. The average Bonchev–Trinajstić information content (AvgIpc) is 2.60. The number of aryl methyl sites for hydroxylation is 1. The minimum Gasteiger partial charge on any atom is -0.313 e. The van der Waals surface area contributed by atoms with E-state index in [0.29, 0.717) is 0 Å². The summed E-state index contributed by atoms with van der Waals surface area (Å²) in [5, 5.41) is 8.43. The molecule has 1 aromatic rings. The third-order valence-corrected chi connectivity index (χ3v) is 2.76. The van der Waals surface area contributed by atoms with Crippen molar-refractivity contribution in [2.75, 3.05) is 13.1 Å². The third-order valence-electron chi connectivity index (χ3n) is 2.76. The molecule has 2 heterocycles. The van der Waals surface area contributed by atoms with Crippen LogP contribution in [0.2, 0.25) is 0 Å². The van der Waals surface area contributed by atoms with Crippen LogP contribution in [0.25, 0.3) is 0 Å². The van der Waals surface area contributed by atoms with Crippen LogP contribution in [-0.4, -0.2) is 32.8 Å². The first kappa shape index (κ1) is 9.65. The fraction of sp³-hybridized carbons (Fsp3) is 0.800. The van der Waals surface area contributed by atoms with E-state index in [9.17, 15) is 0 Å². The summed E-state index contributed by atoms with van der Waals surface area (Å²) in [6.45, 7) is 8.71. The molecule has 1 aliphatic heterocycles. The van der Waals surface area contributed by atoms with E-state index in [1.165, 1.54) is 13.0 Å². The lowest BCUT2D eigenvalue weighted by Crippen LogP contribution is -2.34. The number of aromatic nitrogens is 3. The summed E-state index contributed by atoms with van der Waals surface area (Å²) in [5.41, 5.74) is 0. The lowest BCUT2D eigenvalue weighted by molar-refractivity contribution is 0.216. The van der Waals surface area contributed by atoms with Gasteiger partial charge >= 0.3 is 0 Å². The Kier molecular flexibility index (Phi) is 2.82. The maximum Gasteiger partial charge on any atom is 0.147 e. The van der Waals surface area contributed by atoms with Gasteiger partial charge in [0.15, 0.2) is 0 Å². The molecule has 78 valence electrons. The molecule has 0 bridgehead atoms. The van der Waals surface area contributed by atoms with Gasteiger partial charge < -0.3 is 4.57 Å². The van der Waals surface area contributed by atoms with E-state index >= 15 is 0 Å². The molecule has 0 unspecified atom stereocenters. The number of hydrogen-bond acceptors (Lipinski definition) is 3. The lowest BCUT2D eigenvalue weighted by atomic mass is 10.3. The third kappa shape index (κ3) is 1.66. The zero-order valence-electron chi connectivity index (χ0n) is 9.03. The second kappa shape index (κ2) is 4.09. The van der Waals surface area contributed by atoms with Crippen molar-refractivity contribution in [3.8, 4) is 0 Å². The molecule has 0 amide bonds. The molecule has 1 aliphatic rings. The quantitative estimate of drug-likeness (QED) is 0.721. The zero-order chi connectivity index (χ0) is 9.97. The first-order chi connectivity index (χ1) is 6.85. The molecule has 0 spiro atoms. The summed E-state index contributed by atoms with van der Waals surface area (Å²) < 4.78 is 2.27. The Bertz CT molecular complexity index is 305. The van der Waals surface area contributed by atoms with Crippen molar-refractivity contribution >= 4 is 0 Å². The molecular weight excluding hydrogens is 176 g/mol. The van der Waals surface area contributed by atoms with E-state index in [-0.39, 0.29) is 0 Å². The molecule has 0 fully saturated rings. The minimum atomic E-state index is 0.973. The maximum absolute atomic E-state index is 4.23. The molecule has 0 saturated carbocycles. The van der Waals surface area contributed by atoms with Gasteiger partial charge in [-0.1, -0.05) is 13.8 Å². The number of hydrogen-bond donors (Lipinski definition) is 0. The second-order valence-electron chi connectivity index (χ2n) is 3.81. The van der Waals surface area contributed by atoms with Crippen molar-refractivity contribution in [3.05, 3.63) is 11.6 Å². The van der Waals surface area contributed by atoms with Gasteiger partial charge in [-0.2, -0.15) is 0 Å². The monoisotopic (exact) mass is 194 g/mol. The summed E-state index contributed by atoms with van der Waals surface area (Å²) in [7, 11) is 0. The maximum atomic E-state index is 4.23. The van der Waals surface area contributed by atoms with Crippen LogP contribution < -0.4 is 0 Å². The van der Waals surface area contributed by atoms with Gasteiger partial charge in [-0.25, -0.2) is 0 Å². The first-order valence-electron chi connectivity index (χ1n) is 5.48. The van der Waals surface area contributed by atoms with Gasteiger partial charge in [-0.05, 0) is 13.0 Å². The number of rotatable bonds is 3. The van der Waals surface area contributed by atoms with Gasteiger partial charge in [0.05, 0.1) is 6.54 Å². The van der Waals surface area contributed by atoms with E-state index in [1.807, 2.05) is 0 Å². The van der Waals surface area contributed by atoms with Crippen LogP contribution >= 0.6 is 0 Å². The van der Waals surface area contributed by atoms with Gasteiger partial charge in [0.1, 0.15) is 11.6 Å². The van der Waals surface area contributed by atoms with Crippen LogP contribution in [0.3, 0.4) is 0 Å². The molecule has 0 atom stereocenters. The average molecular weight is 194 g/mol.